The molecule has 0 aliphatic carbocycles. The molecule has 0 atom stereocenters. The summed E-state index contributed by atoms with van der Waals surface area (Å²) in [6.07, 6.45) is 0. The van der Waals surface area contributed by atoms with Crippen molar-refractivity contribution in [1.29, 1.82) is 0 Å². The first-order chi connectivity index (χ1) is 15.7. The van der Waals surface area contributed by atoms with Crippen molar-refractivity contribution < 1.29 is 27.6 Å². The molecular weight excluding hydrogens is 629 g/mol. The van der Waals surface area contributed by atoms with Gasteiger partial charge in [0.05, 0.1) is 16.6 Å². The summed E-state index contributed by atoms with van der Waals surface area (Å²) in [4.78, 5) is 24.4. The molecule has 0 aliphatic heterocycles. The van der Waals surface area contributed by atoms with Crippen LogP contribution >= 0.6 is 38.5 Å². The first kappa shape index (κ1) is 23.2. The number of carboxylic acids is 1. The highest BCUT2D eigenvalue weighted by Gasteiger charge is 2.26. The van der Waals surface area contributed by atoms with Gasteiger partial charge in [-0.25, -0.2) is 13.2 Å². The van der Waals surface area contributed by atoms with E-state index in [1.54, 1.807) is 36.4 Å². The molecule has 0 bridgehead atoms. The van der Waals surface area contributed by atoms with E-state index in [0.717, 1.165) is 0 Å². The third-order valence-corrected chi connectivity index (χ3v) is 7.93. The molecule has 0 spiro atoms. The Bertz CT molecular complexity index is 1510. The number of sulfonamides is 1. The fraction of sp³-hybridized carbons (Fsp3) is 0. The van der Waals surface area contributed by atoms with Crippen LogP contribution in [0.5, 0.6) is 0 Å². The van der Waals surface area contributed by atoms with E-state index in [2.05, 4.69) is 31.1 Å². The monoisotopic (exact) mass is 641 g/mol. The molecule has 4 rings (SSSR count). The zero-order valence-corrected chi connectivity index (χ0v) is 20.9. The largest absolute Gasteiger partial charge is 0.478 e. The first-order valence-electron chi connectivity index (χ1n) is 9.17. The summed E-state index contributed by atoms with van der Waals surface area (Å²) in [5, 5.41) is 15.9. The van der Waals surface area contributed by atoms with Gasteiger partial charge in [0.2, 0.25) is 0 Å². The number of carbonyl (C=O) groups excluding carboxylic acids is 1. The summed E-state index contributed by atoms with van der Waals surface area (Å²) in [6, 6.07) is 15.5. The van der Waals surface area contributed by atoms with E-state index < -0.39 is 21.9 Å². The number of para-hydroxylation sites is 1. The SMILES string of the molecule is O=C(O)c1cc(Br)ccc1NC(=O)c1noc2ccc(S(=O)(=O)Nc3ccccc3)c(I)c12. The van der Waals surface area contributed by atoms with Gasteiger partial charge < -0.3 is 14.9 Å². The molecule has 0 saturated carbocycles. The van der Waals surface area contributed by atoms with Gasteiger partial charge in [0.15, 0.2) is 11.3 Å². The van der Waals surface area contributed by atoms with Gasteiger partial charge in [0.1, 0.15) is 4.90 Å². The lowest BCUT2D eigenvalue weighted by molar-refractivity contribution is 0.0698. The number of fused-ring (bicyclic) bond motifs is 1. The molecule has 33 heavy (non-hydrogen) atoms. The molecule has 12 heteroatoms. The van der Waals surface area contributed by atoms with Crippen LogP contribution in [0.3, 0.4) is 0 Å². The number of hydrogen-bond donors (Lipinski definition) is 3. The van der Waals surface area contributed by atoms with E-state index in [1.807, 2.05) is 22.6 Å². The van der Waals surface area contributed by atoms with Crippen molar-refractivity contribution in [3.63, 3.8) is 0 Å². The molecule has 0 fully saturated rings. The fourth-order valence-electron chi connectivity index (χ4n) is 3.04. The number of rotatable bonds is 6. The van der Waals surface area contributed by atoms with Crippen LogP contribution in [0, 0.1) is 3.57 Å². The molecule has 3 N–H and O–H groups in total. The molecule has 0 saturated heterocycles. The van der Waals surface area contributed by atoms with Gasteiger partial charge in [-0.3, -0.25) is 9.52 Å². The summed E-state index contributed by atoms with van der Waals surface area (Å²) in [5.41, 5.74) is 0.336. The van der Waals surface area contributed by atoms with Gasteiger partial charge in [-0.05, 0) is 65.1 Å². The molecule has 3 aromatic carbocycles. The Balaban J connectivity index is 1.73. The van der Waals surface area contributed by atoms with E-state index in [4.69, 9.17) is 4.52 Å². The Kier molecular flexibility index (Phi) is 6.41. The van der Waals surface area contributed by atoms with Gasteiger partial charge in [-0.2, -0.15) is 0 Å². The summed E-state index contributed by atoms with van der Waals surface area (Å²) in [5.74, 6) is -1.98. The minimum atomic E-state index is -3.98. The van der Waals surface area contributed by atoms with Gasteiger partial charge in [-0.1, -0.05) is 39.3 Å². The number of aromatic nitrogens is 1. The molecule has 1 amide bonds. The second-order valence-corrected chi connectivity index (χ2v) is 10.3. The van der Waals surface area contributed by atoms with Crippen LogP contribution in [-0.4, -0.2) is 30.6 Å². The summed E-state index contributed by atoms with van der Waals surface area (Å²) >= 11 is 5.01. The number of nitrogens with zero attached hydrogens (tertiary/aromatic N) is 1. The van der Waals surface area contributed by atoms with Crippen molar-refractivity contribution in [1.82, 2.24) is 5.16 Å². The van der Waals surface area contributed by atoms with Crippen LogP contribution in [0.1, 0.15) is 20.8 Å². The van der Waals surface area contributed by atoms with E-state index >= 15 is 0 Å². The maximum Gasteiger partial charge on any atom is 0.337 e. The number of anilines is 2. The summed E-state index contributed by atoms with van der Waals surface area (Å²) < 4.78 is 34.4. The average Bonchev–Trinajstić information content (AvgIpc) is 3.20. The standard InChI is InChI=1S/C21H13BrIN3O6S/c22-11-6-7-14(13(10-11)21(28)29)24-20(27)19-17-15(32-25-19)8-9-16(18(17)23)33(30,31)26-12-4-2-1-3-5-12/h1-10,26H,(H,24,27)(H,28,29). The van der Waals surface area contributed by atoms with Crippen molar-refractivity contribution in [3.8, 4) is 0 Å². The minimum absolute atomic E-state index is 0.0522. The Hall–Kier alpha value is -2.97. The number of halogens is 2. The van der Waals surface area contributed by atoms with Gasteiger partial charge >= 0.3 is 5.97 Å². The highest BCUT2D eigenvalue weighted by Crippen LogP contribution is 2.32. The molecule has 0 unspecified atom stereocenters. The second-order valence-electron chi connectivity index (χ2n) is 6.70. The highest BCUT2D eigenvalue weighted by atomic mass is 127. The summed E-state index contributed by atoms with van der Waals surface area (Å²) in [6.45, 7) is 0. The minimum Gasteiger partial charge on any atom is -0.478 e. The third kappa shape index (κ3) is 4.72. The number of benzene rings is 3. The number of nitrogens with one attached hydrogen (secondary N) is 2. The Morgan fingerprint density at radius 2 is 1.79 bits per heavy atom. The van der Waals surface area contributed by atoms with Crippen LogP contribution in [0.15, 0.2) is 74.6 Å². The molecule has 4 aromatic rings. The van der Waals surface area contributed by atoms with Crippen LogP contribution in [0.2, 0.25) is 0 Å². The number of carboxylic acid groups (broad SMARTS) is 1. The van der Waals surface area contributed by atoms with Gasteiger partial charge in [0.25, 0.3) is 15.9 Å². The average molecular weight is 642 g/mol. The quantitative estimate of drug-likeness (QED) is 0.253. The van der Waals surface area contributed by atoms with Crippen molar-refractivity contribution in [2.45, 2.75) is 4.90 Å². The lowest BCUT2D eigenvalue weighted by atomic mass is 10.1. The maximum atomic E-state index is 13.0. The van der Waals surface area contributed by atoms with Crippen molar-refractivity contribution in [3.05, 3.63) is 80.0 Å². The number of carbonyl (C=O) groups is 2. The summed E-state index contributed by atoms with van der Waals surface area (Å²) in [7, 11) is -3.98. The zero-order valence-electron chi connectivity index (χ0n) is 16.4. The van der Waals surface area contributed by atoms with Crippen LogP contribution in [0.25, 0.3) is 11.0 Å². The predicted octanol–water partition coefficient (Wildman–Crippen LogP) is 4.95. The second kappa shape index (κ2) is 9.11. The van der Waals surface area contributed by atoms with E-state index in [0.29, 0.717) is 10.2 Å². The number of hydrogen-bond acceptors (Lipinski definition) is 6. The predicted molar refractivity (Wildman–Crippen MR) is 133 cm³/mol. The Labute approximate surface area is 209 Å². The van der Waals surface area contributed by atoms with E-state index in [1.165, 1.54) is 24.3 Å². The Morgan fingerprint density at radius 1 is 1.06 bits per heavy atom. The molecule has 9 nitrogen and oxygen atoms in total. The topological polar surface area (TPSA) is 139 Å². The molecule has 0 radical (unpaired) electrons. The molecular formula is C21H13BrIN3O6S. The highest BCUT2D eigenvalue weighted by molar-refractivity contribution is 14.1. The number of aromatic carboxylic acids is 1. The van der Waals surface area contributed by atoms with Gasteiger partial charge in [-0.15, -0.1) is 0 Å². The lowest BCUT2D eigenvalue weighted by Gasteiger charge is -2.11. The number of amides is 1. The normalized spacial score (nSPS) is 11.3. The molecule has 1 aromatic heterocycles. The van der Waals surface area contributed by atoms with Gasteiger partial charge in [0, 0.05) is 13.7 Å². The Morgan fingerprint density at radius 3 is 2.48 bits per heavy atom. The third-order valence-electron chi connectivity index (χ3n) is 4.53. The molecule has 168 valence electrons. The van der Waals surface area contributed by atoms with Crippen LogP contribution < -0.4 is 10.0 Å². The van der Waals surface area contributed by atoms with Crippen molar-refractivity contribution in [2.75, 3.05) is 10.0 Å². The van der Waals surface area contributed by atoms with Crippen molar-refractivity contribution >= 4 is 82.8 Å². The van der Waals surface area contributed by atoms with Crippen LogP contribution in [0.4, 0.5) is 11.4 Å². The lowest BCUT2D eigenvalue weighted by Crippen LogP contribution is -2.17. The van der Waals surface area contributed by atoms with E-state index in [-0.39, 0.29) is 36.4 Å². The molecule has 1 heterocycles. The zero-order chi connectivity index (χ0) is 23.8. The van der Waals surface area contributed by atoms with Crippen molar-refractivity contribution in [2.24, 2.45) is 0 Å². The van der Waals surface area contributed by atoms with E-state index in [9.17, 15) is 23.1 Å². The molecule has 0 aliphatic rings. The first-order valence-corrected chi connectivity index (χ1v) is 12.5. The van der Waals surface area contributed by atoms with Crippen LogP contribution in [-0.2, 0) is 10.0 Å². The fourth-order valence-corrected chi connectivity index (χ4v) is 6.11. The maximum absolute atomic E-state index is 13.0. The smallest absolute Gasteiger partial charge is 0.337 e.